The van der Waals surface area contributed by atoms with Crippen LogP contribution >= 0.6 is 0 Å². The first-order valence-corrected chi connectivity index (χ1v) is 7.34. The van der Waals surface area contributed by atoms with Crippen LogP contribution in [0.2, 0.25) is 0 Å². The van der Waals surface area contributed by atoms with Gasteiger partial charge in [0.2, 0.25) is 0 Å². The van der Waals surface area contributed by atoms with Crippen molar-refractivity contribution in [3.05, 3.63) is 48.2 Å². The molecule has 0 saturated heterocycles. The molecule has 1 unspecified atom stereocenters. The van der Waals surface area contributed by atoms with Gasteiger partial charge < -0.3 is 9.80 Å². The minimum Gasteiger partial charge on any atom is -0.331 e. The van der Waals surface area contributed by atoms with E-state index in [0.29, 0.717) is 25.1 Å². The van der Waals surface area contributed by atoms with Gasteiger partial charge in [0.05, 0.1) is 11.4 Å². The summed E-state index contributed by atoms with van der Waals surface area (Å²) in [5.74, 6) is 0.267. The van der Waals surface area contributed by atoms with E-state index in [2.05, 4.69) is 0 Å². The Morgan fingerprint density at radius 2 is 1.90 bits per heavy atom. The minimum absolute atomic E-state index is 0.0000983. The fourth-order valence-electron chi connectivity index (χ4n) is 3.43. The molecule has 4 heteroatoms. The molecule has 0 bridgehead atoms. The second-order valence-electron chi connectivity index (χ2n) is 5.69. The highest BCUT2D eigenvalue weighted by atomic mass is 16.2. The zero-order chi connectivity index (χ0) is 14.4. The fraction of sp³-hybridized carbons (Fsp3) is 0.294. The van der Waals surface area contributed by atoms with Gasteiger partial charge in [0.1, 0.15) is 11.5 Å². The third kappa shape index (κ3) is 1.82. The van der Waals surface area contributed by atoms with Crippen LogP contribution in [-0.4, -0.2) is 24.3 Å². The highest BCUT2D eigenvalue weighted by Gasteiger charge is 2.39. The van der Waals surface area contributed by atoms with Crippen molar-refractivity contribution in [2.45, 2.75) is 25.3 Å². The summed E-state index contributed by atoms with van der Waals surface area (Å²) in [6.45, 7) is 0.714. The largest absolute Gasteiger partial charge is 0.331 e. The van der Waals surface area contributed by atoms with E-state index in [1.54, 1.807) is 0 Å². The zero-order valence-electron chi connectivity index (χ0n) is 11.7. The number of amides is 1. The van der Waals surface area contributed by atoms with Crippen molar-refractivity contribution in [2.75, 3.05) is 16.3 Å². The molecule has 0 spiro atoms. The molecule has 21 heavy (non-hydrogen) atoms. The monoisotopic (exact) mass is 280 g/mol. The first-order chi connectivity index (χ1) is 10.3. The molecule has 1 fully saturated rings. The van der Waals surface area contributed by atoms with Gasteiger partial charge in [-0.3, -0.25) is 9.59 Å². The molecule has 1 aliphatic carbocycles. The maximum Gasteiger partial charge on any atom is 0.275 e. The molecule has 2 heterocycles. The van der Waals surface area contributed by atoms with E-state index < -0.39 is 0 Å². The van der Waals surface area contributed by atoms with Crippen LogP contribution in [0.5, 0.6) is 0 Å². The standard InChI is InChI=1S/C17H16N2O2/c20-13-9-8-12(11-13)19-15-6-2-1-5-14(15)18-10-4-3-7-16(18)17(19)21/h1-7,12H,8-11H2. The van der Waals surface area contributed by atoms with Gasteiger partial charge in [-0.15, -0.1) is 0 Å². The number of benzene rings is 1. The van der Waals surface area contributed by atoms with Crippen LogP contribution in [0.15, 0.2) is 48.2 Å². The Bertz CT molecular complexity index is 690. The Labute approximate surface area is 123 Å². The molecular formula is C17H16N2O2. The lowest BCUT2D eigenvalue weighted by Gasteiger charge is -2.41. The first-order valence-electron chi connectivity index (χ1n) is 7.34. The second-order valence-corrected chi connectivity index (χ2v) is 5.69. The molecule has 1 aromatic rings. The van der Waals surface area contributed by atoms with Crippen molar-refractivity contribution in [2.24, 2.45) is 0 Å². The Hall–Kier alpha value is -2.36. The summed E-state index contributed by atoms with van der Waals surface area (Å²) in [7, 11) is 0. The maximum absolute atomic E-state index is 12.9. The van der Waals surface area contributed by atoms with Gasteiger partial charge in [-0.05, 0) is 24.6 Å². The van der Waals surface area contributed by atoms with Crippen LogP contribution in [0.25, 0.3) is 0 Å². The van der Waals surface area contributed by atoms with Crippen molar-refractivity contribution in [3.8, 4) is 0 Å². The number of Topliss-reactive ketones (excluding diaryl/α,β-unsaturated/α-hetero) is 1. The third-order valence-corrected chi connectivity index (χ3v) is 4.42. The van der Waals surface area contributed by atoms with Crippen molar-refractivity contribution in [3.63, 3.8) is 0 Å². The highest BCUT2D eigenvalue weighted by molar-refractivity contribution is 6.14. The summed E-state index contributed by atoms with van der Waals surface area (Å²) >= 11 is 0. The molecule has 4 nitrogen and oxygen atoms in total. The van der Waals surface area contributed by atoms with Gasteiger partial charge in [0.15, 0.2) is 0 Å². The van der Waals surface area contributed by atoms with E-state index in [1.807, 2.05) is 52.3 Å². The Balaban J connectivity index is 1.84. The summed E-state index contributed by atoms with van der Waals surface area (Å²) < 4.78 is 0. The molecule has 2 aliphatic heterocycles. The van der Waals surface area contributed by atoms with Gasteiger partial charge in [0.25, 0.3) is 5.91 Å². The van der Waals surface area contributed by atoms with Gasteiger partial charge in [0, 0.05) is 25.4 Å². The van der Waals surface area contributed by atoms with E-state index in [9.17, 15) is 9.59 Å². The van der Waals surface area contributed by atoms with E-state index in [1.165, 1.54) is 0 Å². The van der Waals surface area contributed by atoms with Crippen molar-refractivity contribution in [1.82, 2.24) is 0 Å². The Morgan fingerprint density at radius 3 is 2.67 bits per heavy atom. The number of allylic oxidation sites excluding steroid dienone is 2. The van der Waals surface area contributed by atoms with Crippen molar-refractivity contribution in [1.29, 1.82) is 0 Å². The molecule has 1 atom stereocenters. The fourth-order valence-corrected chi connectivity index (χ4v) is 3.43. The van der Waals surface area contributed by atoms with E-state index in [0.717, 1.165) is 17.8 Å². The molecule has 1 aromatic carbocycles. The van der Waals surface area contributed by atoms with Crippen LogP contribution in [-0.2, 0) is 9.59 Å². The van der Waals surface area contributed by atoms with E-state index in [4.69, 9.17) is 0 Å². The van der Waals surface area contributed by atoms with Crippen molar-refractivity contribution >= 4 is 23.1 Å². The number of hydrogen-bond acceptors (Lipinski definition) is 3. The van der Waals surface area contributed by atoms with Crippen LogP contribution in [0.1, 0.15) is 19.3 Å². The van der Waals surface area contributed by atoms with E-state index in [-0.39, 0.29) is 17.7 Å². The molecule has 0 radical (unpaired) electrons. The maximum atomic E-state index is 12.9. The predicted octanol–water partition coefficient (Wildman–Crippen LogP) is 2.41. The van der Waals surface area contributed by atoms with Crippen LogP contribution < -0.4 is 9.80 Å². The van der Waals surface area contributed by atoms with Gasteiger partial charge in [-0.1, -0.05) is 24.3 Å². The second kappa shape index (κ2) is 4.58. The molecule has 106 valence electrons. The lowest BCUT2D eigenvalue weighted by atomic mass is 10.0. The molecule has 4 rings (SSSR count). The summed E-state index contributed by atoms with van der Waals surface area (Å²) in [6, 6.07) is 7.96. The third-order valence-electron chi connectivity index (χ3n) is 4.42. The van der Waals surface area contributed by atoms with Crippen LogP contribution in [0.4, 0.5) is 11.4 Å². The Kier molecular flexibility index (Phi) is 2.70. The zero-order valence-corrected chi connectivity index (χ0v) is 11.7. The SMILES string of the molecule is O=C1CCC(N2C(=O)C3=CC=CCN3c3ccccc32)C1. The number of ketones is 1. The summed E-state index contributed by atoms with van der Waals surface area (Å²) in [5, 5.41) is 0. The number of rotatable bonds is 1. The number of nitrogens with zero attached hydrogens (tertiary/aromatic N) is 2. The van der Waals surface area contributed by atoms with Gasteiger partial charge in [-0.25, -0.2) is 0 Å². The van der Waals surface area contributed by atoms with Gasteiger partial charge in [-0.2, -0.15) is 0 Å². The minimum atomic E-state index is 0.0000983. The average Bonchev–Trinajstić information content (AvgIpc) is 2.94. The summed E-state index contributed by atoms with van der Waals surface area (Å²) in [5.41, 5.74) is 2.68. The normalized spacial score (nSPS) is 24.0. The average molecular weight is 280 g/mol. The molecular weight excluding hydrogens is 264 g/mol. The molecule has 1 saturated carbocycles. The first kappa shape index (κ1) is 12.4. The number of hydrogen-bond donors (Lipinski definition) is 0. The molecule has 1 amide bonds. The summed E-state index contributed by atoms with van der Waals surface area (Å²) in [6.07, 6.45) is 7.66. The van der Waals surface area contributed by atoms with E-state index >= 15 is 0 Å². The predicted molar refractivity (Wildman–Crippen MR) is 81.1 cm³/mol. The Morgan fingerprint density at radius 1 is 1.10 bits per heavy atom. The lowest BCUT2D eigenvalue weighted by molar-refractivity contribution is -0.117. The number of carbonyl (C=O) groups is 2. The quantitative estimate of drug-likeness (QED) is 0.793. The lowest BCUT2D eigenvalue weighted by Crippen LogP contribution is -2.48. The van der Waals surface area contributed by atoms with Crippen LogP contribution in [0, 0.1) is 0 Å². The number of carbonyl (C=O) groups excluding carboxylic acids is 2. The number of fused-ring (bicyclic) bond motifs is 3. The smallest absolute Gasteiger partial charge is 0.275 e. The summed E-state index contributed by atoms with van der Waals surface area (Å²) in [4.78, 5) is 28.4. The molecule has 0 aromatic heterocycles. The molecule has 3 aliphatic rings. The van der Waals surface area contributed by atoms with Crippen LogP contribution in [0.3, 0.4) is 0 Å². The number of anilines is 2. The highest BCUT2D eigenvalue weighted by Crippen LogP contribution is 2.41. The topological polar surface area (TPSA) is 40.6 Å². The van der Waals surface area contributed by atoms with Crippen molar-refractivity contribution < 1.29 is 9.59 Å². The number of para-hydroxylation sites is 2. The molecule has 0 N–H and O–H groups in total. The van der Waals surface area contributed by atoms with Gasteiger partial charge >= 0.3 is 0 Å².